The van der Waals surface area contributed by atoms with Gasteiger partial charge in [-0.25, -0.2) is 0 Å². The second-order valence-electron chi connectivity index (χ2n) is 5.38. The van der Waals surface area contributed by atoms with Gasteiger partial charge in [0.25, 0.3) is 0 Å². The van der Waals surface area contributed by atoms with Crippen molar-refractivity contribution in [2.24, 2.45) is 0 Å². The second-order valence-corrected chi connectivity index (χ2v) is 5.38. The van der Waals surface area contributed by atoms with Gasteiger partial charge in [0.1, 0.15) is 0 Å². The molecule has 0 aliphatic heterocycles. The lowest BCUT2D eigenvalue weighted by molar-refractivity contribution is -0.143. The number of esters is 1. The fourth-order valence-electron chi connectivity index (χ4n) is 2.62. The molecule has 0 amide bonds. The number of unbranched alkanes of at least 4 members (excludes halogenated alkanes) is 2. The molecule has 1 fully saturated rings. The van der Waals surface area contributed by atoms with Crippen molar-refractivity contribution in [2.75, 3.05) is 13.2 Å². The molecule has 0 heterocycles. The number of aliphatic hydroxyl groups is 1. The number of nitrogens with one attached hydrogen (secondary N) is 1. The zero-order valence-corrected chi connectivity index (χ0v) is 12.2. The zero-order chi connectivity index (χ0) is 13.9. The molecule has 0 bridgehead atoms. The van der Waals surface area contributed by atoms with Gasteiger partial charge in [-0.15, -0.1) is 0 Å². The van der Waals surface area contributed by atoms with Crippen LogP contribution in [-0.4, -0.2) is 36.4 Å². The Morgan fingerprint density at radius 3 is 2.79 bits per heavy atom. The van der Waals surface area contributed by atoms with E-state index < -0.39 is 0 Å². The average Bonchev–Trinajstić information content (AvgIpc) is 2.59. The molecule has 0 radical (unpaired) electrons. The van der Waals surface area contributed by atoms with Crippen molar-refractivity contribution in [1.29, 1.82) is 0 Å². The number of ether oxygens (including phenoxy) is 1. The number of hydrogen-bond donors (Lipinski definition) is 2. The van der Waals surface area contributed by atoms with Crippen LogP contribution in [0.3, 0.4) is 0 Å². The topological polar surface area (TPSA) is 58.6 Å². The highest BCUT2D eigenvalue weighted by molar-refractivity contribution is 5.69. The molecule has 1 rings (SSSR count). The molecule has 4 nitrogen and oxygen atoms in total. The molecule has 2 atom stereocenters. The van der Waals surface area contributed by atoms with Crippen LogP contribution in [0.1, 0.15) is 64.7 Å². The molecule has 19 heavy (non-hydrogen) atoms. The Bertz CT molecular complexity index is 246. The molecule has 1 saturated carbocycles. The van der Waals surface area contributed by atoms with Crippen LogP contribution >= 0.6 is 0 Å². The maximum absolute atomic E-state index is 11.1. The van der Waals surface area contributed by atoms with E-state index in [4.69, 9.17) is 4.74 Å². The molecule has 0 aromatic rings. The molecule has 0 aromatic heterocycles. The van der Waals surface area contributed by atoms with E-state index in [1.165, 1.54) is 12.8 Å². The summed E-state index contributed by atoms with van der Waals surface area (Å²) in [4.78, 5) is 11.1. The van der Waals surface area contributed by atoms with Crippen LogP contribution in [0, 0.1) is 0 Å². The van der Waals surface area contributed by atoms with Gasteiger partial charge in [0.15, 0.2) is 0 Å². The predicted octanol–water partition coefficient (Wildman–Crippen LogP) is 2.39. The van der Waals surface area contributed by atoms with Crippen LogP contribution in [0.15, 0.2) is 0 Å². The van der Waals surface area contributed by atoms with Crippen molar-refractivity contribution in [3.05, 3.63) is 0 Å². The summed E-state index contributed by atoms with van der Waals surface area (Å²) in [6.07, 6.45) is 8.97. The van der Waals surface area contributed by atoms with Gasteiger partial charge < -0.3 is 15.2 Å². The first kappa shape index (κ1) is 16.4. The van der Waals surface area contributed by atoms with Gasteiger partial charge in [-0.05, 0) is 39.2 Å². The van der Waals surface area contributed by atoms with E-state index in [1.807, 2.05) is 6.92 Å². The lowest BCUT2D eigenvalue weighted by atomic mass is 10.1. The monoisotopic (exact) mass is 271 g/mol. The summed E-state index contributed by atoms with van der Waals surface area (Å²) in [5.74, 6) is -0.0883. The van der Waals surface area contributed by atoms with Gasteiger partial charge >= 0.3 is 5.97 Å². The second kappa shape index (κ2) is 10.2. The lowest BCUT2D eigenvalue weighted by Crippen LogP contribution is -2.39. The van der Waals surface area contributed by atoms with Crippen molar-refractivity contribution >= 4 is 5.97 Å². The molecule has 0 saturated heterocycles. The van der Waals surface area contributed by atoms with Gasteiger partial charge in [0, 0.05) is 12.5 Å². The summed E-state index contributed by atoms with van der Waals surface area (Å²) in [5.41, 5.74) is 0. The molecule has 2 N–H and O–H groups in total. The van der Waals surface area contributed by atoms with Crippen LogP contribution in [0.2, 0.25) is 0 Å². The molecular formula is C15H29NO3. The highest BCUT2D eigenvalue weighted by Crippen LogP contribution is 2.18. The summed E-state index contributed by atoms with van der Waals surface area (Å²) in [5, 5.41) is 13.4. The van der Waals surface area contributed by atoms with E-state index >= 15 is 0 Å². The van der Waals surface area contributed by atoms with Crippen molar-refractivity contribution in [2.45, 2.75) is 76.9 Å². The maximum Gasteiger partial charge on any atom is 0.305 e. The van der Waals surface area contributed by atoms with Crippen LogP contribution < -0.4 is 5.32 Å². The third kappa shape index (κ3) is 7.53. The largest absolute Gasteiger partial charge is 0.466 e. The molecule has 112 valence electrons. The predicted molar refractivity (Wildman–Crippen MR) is 76.0 cm³/mol. The first-order valence-corrected chi connectivity index (χ1v) is 7.81. The van der Waals surface area contributed by atoms with E-state index in [-0.39, 0.29) is 18.1 Å². The Balaban J connectivity index is 1.99. The minimum absolute atomic E-state index is 0.0883. The molecule has 4 heteroatoms. The van der Waals surface area contributed by atoms with E-state index in [2.05, 4.69) is 5.32 Å². The van der Waals surface area contributed by atoms with Crippen LogP contribution in [0.4, 0.5) is 0 Å². The van der Waals surface area contributed by atoms with Crippen LogP contribution in [0.5, 0.6) is 0 Å². The summed E-state index contributed by atoms with van der Waals surface area (Å²) >= 11 is 0. The van der Waals surface area contributed by atoms with Crippen LogP contribution in [-0.2, 0) is 9.53 Å². The van der Waals surface area contributed by atoms with Crippen molar-refractivity contribution in [3.63, 3.8) is 0 Å². The quantitative estimate of drug-likeness (QED) is 0.404. The van der Waals surface area contributed by atoms with Crippen molar-refractivity contribution in [3.8, 4) is 0 Å². The summed E-state index contributed by atoms with van der Waals surface area (Å²) in [6, 6.07) is 0.271. The smallest absolute Gasteiger partial charge is 0.305 e. The van der Waals surface area contributed by atoms with E-state index in [1.54, 1.807) is 0 Å². The van der Waals surface area contributed by atoms with E-state index in [0.717, 1.165) is 45.1 Å². The number of carbonyl (C=O) groups excluding carboxylic acids is 1. The van der Waals surface area contributed by atoms with Gasteiger partial charge in [0.2, 0.25) is 0 Å². The number of rotatable bonds is 8. The lowest BCUT2D eigenvalue weighted by Gasteiger charge is -2.21. The summed E-state index contributed by atoms with van der Waals surface area (Å²) < 4.78 is 4.88. The van der Waals surface area contributed by atoms with Crippen LogP contribution in [0.25, 0.3) is 0 Å². The summed E-state index contributed by atoms with van der Waals surface area (Å²) in [6.45, 7) is 3.24. The Morgan fingerprint density at radius 2 is 2.00 bits per heavy atom. The van der Waals surface area contributed by atoms with Gasteiger partial charge in [-0.3, -0.25) is 4.79 Å². The average molecular weight is 271 g/mol. The fraction of sp³-hybridized carbons (Fsp3) is 0.933. The van der Waals surface area contributed by atoms with Gasteiger partial charge in [-0.1, -0.05) is 25.7 Å². The Hall–Kier alpha value is -0.610. The Morgan fingerprint density at radius 1 is 1.21 bits per heavy atom. The molecule has 0 aromatic carbocycles. The molecule has 2 unspecified atom stereocenters. The zero-order valence-electron chi connectivity index (χ0n) is 12.2. The minimum Gasteiger partial charge on any atom is -0.466 e. The first-order chi connectivity index (χ1) is 9.24. The van der Waals surface area contributed by atoms with Crippen molar-refractivity contribution in [1.82, 2.24) is 5.32 Å². The van der Waals surface area contributed by atoms with E-state index in [0.29, 0.717) is 13.0 Å². The molecule has 1 aliphatic carbocycles. The third-order valence-corrected chi connectivity index (χ3v) is 3.75. The highest BCUT2D eigenvalue weighted by atomic mass is 16.5. The number of aliphatic hydroxyl groups excluding tert-OH is 1. The minimum atomic E-state index is -0.179. The normalized spacial score (nSPS) is 23.9. The molecular weight excluding hydrogens is 242 g/mol. The molecule has 1 aliphatic rings. The third-order valence-electron chi connectivity index (χ3n) is 3.75. The van der Waals surface area contributed by atoms with Gasteiger partial charge in [-0.2, -0.15) is 0 Å². The highest BCUT2D eigenvalue weighted by Gasteiger charge is 2.20. The summed E-state index contributed by atoms with van der Waals surface area (Å²) in [7, 11) is 0. The van der Waals surface area contributed by atoms with Gasteiger partial charge in [0.05, 0.1) is 12.7 Å². The number of hydrogen-bond acceptors (Lipinski definition) is 4. The first-order valence-electron chi connectivity index (χ1n) is 7.81. The fourth-order valence-corrected chi connectivity index (χ4v) is 2.62. The Kier molecular flexibility index (Phi) is 8.84. The molecule has 0 spiro atoms. The Labute approximate surface area is 116 Å². The standard InChI is InChI=1S/C15H29NO3/c1-2-19-15(18)11-7-4-8-12-16-13-9-5-3-6-10-14(13)17/h13-14,16-17H,2-12H2,1H3. The SMILES string of the molecule is CCOC(=O)CCCCCNC1CCCCCC1O. The van der Waals surface area contributed by atoms with Crippen molar-refractivity contribution < 1.29 is 14.6 Å². The maximum atomic E-state index is 11.1. The van der Waals surface area contributed by atoms with E-state index in [9.17, 15) is 9.90 Å². The number of carbonyl (C=O) groups is 1.